The Kier molecular flexibility index (Phi) is 10.3. The van der Waals surface area contributed by atoms with Crippen LogP contribution in [0.5, 0.6) is 0 Å². The first-order chi connectivity index (χ1) is 10.8. The topological polar surface area (TPSA) is 36.9 Å². The third-order valence-electron chi connectivity index (χ3n) is 3.81. The number of hydrogen-bond donors (Lipinski definition) is 1. The van der Waals surface area contributed by atoms with Crippen LogP contribution in [0.25, 0.3) is 0 Å². The van der Waals surface area contributed by atoms with Crippen LogP contribution in [-0.2, 0) is 11.3 Å². The Bertz CT molecular complexity index is 447. The van der Waals surface area contributed by atoms with Gasteiger partial charge in [0.15, 0.2) is 5.96 Å². The molecule has 0 radical (unpaired) electrons. The van der Waals surface area contributed by atoms with Crippen molar-refractivity contribution in [2.75, 3.05) is 32.8 Å². The van der Waals surface area contributed by atoms with E-state index in [-0.39, 0.29) is 24.0 Å². The molecule has 1 aromatic carbocycles. The van der Waals surface area contributed by atoms with Crippen molar-refractivity contribution < 1.29 is 4.74 Å². The van der Waals surface area contributed by atoms with Gasteiger partial charge in [0.05, 0.1) is 13.2 Å². The maximum Gasteiger partial charge on any atom is 0.193 e. The quantitative estimate of drug-likeness (QED) is 0.408. The van der Waals surface area contributed by atoms with Crippen LogP contribution in [0, 0.1) is 5.92 Å². The lowest BCUT2D eigenvalue weighted by Gasteiger charge is -2.21. The van der Waals surface area contributed by atoms with E-state index in [2.05, 4.69) is 36.2 Å². The van der Waals surface area contributed by atoms with Gasteiger partial charge in [0.1, 0.15) is 0 Å². The normalized spacial score (nSPS) is 16.1. The summed E-state index contributed by atoms with van der Waals surface area (Å²) in [6, 6.07) is 10.3. The molecule has 1 N–H and O–H groups in total. The van der Waals surface area contributed by atoms with E-state index >= 15 is 0 Å². The van der Waals surface area contributed by atoms with Crippen LogP contribution in [-0.4, -0.2) is 43.6 Å². The van der Waals surface area contributed by atoms with E-state index in [9.17, 15) is 0 Å². The SMILES string of the molecule is CCNC(=NCC(C)COCc1ccccc1)N1CCCC1.I. The summed E-state index contributed by atoms with van der Waals surface area (Å²) in [5.74, 6) is 1.50. The van der Waals surface area contributed by atoms with Crippen molar-refractivity contribution in [3.05, 3.63) is 35.9 Å². The van der Waals surface area contributed by atoms with E-state index in [1.807, 2.05) is 18.2 Å². The monoisotopic (exact) mass is 431 g/mol. The Morgan fingerprint density at radius 2 is 1.96 bits per heavy atom. The molecule has 0 aliphatic carbocycles. The highest BCUT2D eigenvalue weighted by atomic mass is 127. The molecule has 2 rings (SSSR count). The van der Waals surface area contributed by atoms with Crippen LogP contribution in [0.1, 0.15) is 32.3 Å². The molecule has 1 fully saturated rings. The molecule has 1 heterocycles. The van der Waals surface area contributed by atoms with Crippen LogP contribution < -0.4 is 5.32 Å². The zero-order chi connectivity index (χ0) is 15.6. The zero-order valence-electron chi connectivity index (χ0n) is 14.3. The molecule has 0 aromatic heterocycles. The first kappa shape index (κ1) is 20.2. The molecule has 5 heteroatoms. The van der Waals surface area contributed by atoms with Gasteiger partial charge >= 0.3 is 0 Å². The second kappa shape index (κ2) is 11.7. The Balaban J connectivity index is 0.00000264. The summed E-state index contributed by atoms with van der Waals surface area (Å²) in [5, 5.41) is 3.40. The summed E-state index contributed by atoms with van der Waals surface area (Å²) in [7, 11) is 0. The molecule has 0 bridgehead atoms. The summed E-state index contributed by atoms with van der Waals surface area (Å²) in [6.45, 7) is 9.75. The van der Waals surface area contributed by atoms with Crippen LogP contribution in [0.2, 0.25) is 0 Å². The van der Waals surface area contributed by atoms with Crippen molar-refractivity contribution in [1.82, 2.24) is 10.2 Å². The van der Waals surface area contributed by atoms with Gasteiger partial charge in [-0.25, -0.2) is 0 Å². The van der Waals surface area contributed by atoms with Crippen molar-refractivity contribution in [2.45, 2.75) is 33.3 Å². The highest BCUT2D eigenvalue weighted by molar-refractivity contribution is 14.0. The molecule has 1 saturated heterocycles. The molecule has 1 aliphatic heterocycles. The minimum Gasteiger partial charge on any atom is -0.376 e. The Labute approximate surface area is 157 Å². The van der Waals surface area contributed by atoms with Crippen molar-refractivity contribution in [3.63, 3.8) is 0 Å². The number of ether oxygens (including phenoxy) is 1. The summed E-state index contributed by atoms with van der Waals surface area (Å²) in [5.41, 5.74) is 1.23. The van der Waals surface area contributed by atoms with Gasteiger partial charge in [0.25, 0.3) is 0 Å². The van der Waals surface area contributed by atoms with Gasteiger partial charge in [-0.05, 0) is 31.2 Å². The molecule has 1 unspecified atom stereocenters. The number of rotatable bonds is 7. The highest BCUT2D eigenvalue weighted by Gasteiger charge is 2.15. The first-order valence-electron chi connectivity index (χ1n) is 8.44. The van der Waals surface area contributed by atoms with Gasteiger partial charge < -0.3 is 15.0 Å². The molecular weight excluding hydrogens is 401 g/mol. The molecule has 130 valence electrons. The number of guanidine groups is 1. The third-order valence-corrected chi connectivity index (χ3v) is 3.81. The molecule has 1 atom stereocenters. The predicted octanol–water partition coefficient (Wildman–Crippen LogP) is 3.52. The second-order valence-corrected chi connectivity index (χ2v) is 5.99. The van der Waals surface area contributed by atoms with E-state index in [1.165, 1.54) is 18.4 Å². The van der Waals surface area contributed by atoms with Crippen LogP contribution in [0.3, 0.4) is 0 Å². The van der Waals surface area contributed by atoms with E-state index < -0.39 is 0 Å². The molecule has 0 amide bonds. The number of nitrogens with one attached hydrogen (secondary N) is 1. The number of hydrogen-bond acceptors (Lipinski definition) is 2. The van der Waals surface area contributed by atoms with Crippen molar-refractivity contribution >= 4 is 29.9 Å². The summed E-state index contributed by atoms with van der Waals surface area (Å²) >= 11 is 0. The molecule has 0 saturated carbocycles. The van der Waals surface area contributed by atoms with E-state index in [0.29, 0.717) is 12.5 Å². The number of nitrogens with zero attached hydrogens (tertiary/aromatic N) is 2. The summed E-state index contributed by atoms with van der Waals surface area (Å²) < 4.78 is 5.80. The Morgan fingerprint density at radius 3 is 2.61 bits per heavy atom. The molecule has 1 aromatic rings. The second-order valence-electron chi connectivity index (χ2n) is 5.99. The largest absolute Gasteiger partial charge is 0.376 e. The fourth-order valence-electron chi connectivity index (χ4n) is 2.60. The van der Waals surface area contributed by atoms with Crippen LogP contribution in [0.4, 0.5) is 0 Å². The molecule has 23 heavy (non-hydrogen) atoms. The van der Waals surface area contributed by atoms with E-state index in [4.69, 9.17) is 9.73 Å². The number of likely N-dealkylation sites (tertiary alicyclic amines) is 1. The number of aliphatic imine (C=N–C) groups is 1. The summed E-state index contributed by atoms with van der Waals surface area (Å²) in [4.78, 5) is 7.13. The molecular formula is C18H30IN3O. The van der Waals surface area contributed by atoms with Gasteiger partial charge in [-0.2, -0.15) is 0 Å². The Hall–Kier alpha value is -0.820. The van der Waals surface area contributed by atoms with Crippen molar-refractivity contribution in [2.24, 2.45) is 10.9 Å². The number of benzene rings is 1. The summed E-state index contributed by atoms with van der Waals surface area (Å²) in [6.07, 6.45) is 2.56. The van der Waals surface area contributed by atoms with Gasteiger partial charge in [0.2, 0.25) is 0 Å². The fourth-order valence-corrected chi connectivity index (χ4v) is 2.60. The lowest BCUT2D eigenvalue weighted by atomic mass is 10.2. The maximum absolute atomic E-state index is 5.80. The highest BCUT2D eigenvalue weighted by Crippen LogP contribution is 2.08. The number of halogens is 1. The van der Waals surface area contributed by atoms with Crippen molar-refractivity contribution in [1.29, 1.82) is 0 Å². The van der Waals surface area contributed by atoms with Crippen LogP contribution >= 0.6 is 24.0 Å². The molecule has 1 aliphatic rings. The minimum absolute atomic E-state index is 0. The maximum atomic E-state index is 5.80. The zero-order valence-corrected chi connectivity index (χ0v) is 16.7. The van der Waals surface area contributed by atoms with Crippen LogP contribution in [0.15, 0.2) is 35.3 Å². The van der Waals surface area contributed by atoms with E-state index in [0.717, 1.165) is 38.7 Å². The first-order valence-corrected chi connectivity index (χ1v) is 8.44. The molecule has 4 nitrogen and oxygen atoms in total. The van der Waals surface area contributed by atoms with Gasteiger partial charge in [-0.15, -0.1) is 24.0 Å². The standard InChI is InChI=1S/C18H29N3O.HI/c1-3-19-18(21-11-7-8-12-21)20-13-16(2)14-22-15-17-9-5-4-6-10-17;/h4-6,9-10,16H,3,7-8,11-15H2,1-2H3,(H,19,20);1H. The van der Waals surface area contributed by atoms with Gasteiger partial charge in [-0.3, -0.25) is 4.99 Å². The minimum atomic E-state index is 0. The lowest BCUT2D eigenvalue weighted by molar-refractivity contribution is 0.0944. The van der Waals surface area contributed by atoms with E-state index in [1.54, 1.807) is 0 Å². The molecule has 0 spiro atoms. The van der Waals surface area contributed by atoms with Gasteiger partial charge in [0, 0.05) is 26.2 Å². The van der Waals surface area contributed by atoms with Gasteiger partial charge in [-0.1, -0.05) is 37.3 Å². The average molecular weight is 431 g/mol. The predicted molar refractivity (Wildman–Crippen MR) is 107 cm³/mol. The van der Waals surface area contributed by atoms with Crippen molar-refractivity contribution in [3.8, 4) is 0 Å². The lowest BCUT2D eigenvalue weighted by Crippen LogP contribution is -2.40. The average Bonchev–Trinajstić information content (AvgIpc) is 3.07. The fraction of sp³-hybridized carbons (Fsp3) is 0.611. The third kappa shape index (κ3) is 7.52. The Morgan fingerprint density at radius 1 is 1.26 bits per heavy atom. The smallest absolute Gasteiger partial charge is 0.193 e.